The van der Waals surface area contributed by atoms with E-state index in [0.29, 0.717) is 51.6 Å². The number of thioether (sulfide) groups is 1. The summed E-state index contributed by atoms with van der Waals surface area (Å²) < 4.78 is 58.9. The van der Waals surface area contributed by atoms with Crippen LogP contribution in [0, 0.1) is 17.8 Å². The number of carbonyl (C=O) groups excluding carboxylic acids is 1. The van der Waals surface area contributed by atoms with Gasteiger partial charge in [-0.1, -0.05) is 45.0 Å². The first-order chi connectivity index (χ1) is 27.9. The number of carbonyl (C=O) groups is 1. The van der Waals surface area contributed by atoms with Crippen molar-refractivity contribution in [3.8, 4) is 0 Å². The van der Waals surface area contributed by atoms with Crippen molar-refractivity contribution in [3.05, 3.63) is 41.7 Å². The standard InChI is InChI=1S/C43H70F3N5O8S/c1-11-36-42(8,56)38(53)30(6)50(10)23-26(2)22-41(7,55)39(27(3)18-28(4)40(54)58-36)59-37-21-33(19-29(5)57-37)49(9)17-16-32-24-51(48-47-32)34(25-52)20-31-12-14-35(15-13-31)60-43(44,45)46/h12-15,24,26-30,33-34,36-39,52-53,55-56H,11,16-23,25H2,1-10H3/t26-,27+,28-,29-,30-,33+,34?,36-,37+,38-,39-,41-,42-/m1/s1. The molecule has 2 aliphatic rings. The van der Waals surface area contributed by atoms with E-state index in [1.807, 2.05) is 53.6 Å². The zero-order valence-corrected chi connectivity index (χ0v) is 37.8. The molecule has 1 aromatic heterocycles. The van der Waals surface area contributed by atoms with E-state index in [0.717, 1.165) is 17.7 Å². The molecule has 0 saturated carbocycles. The van der Waals surface area contributed by atoms with Gasteiger partial charge in [0.25, 0.3) is 0 Å². The highest BCUT2D eigenvalue weighted by Crippen LogP contribution is 2.38. The third-order valence-corrected chi connectivity index (χ3v) is 13.3. The van der Waals surface area contributed by atoms with E-state index in [4.69, 9.17) is 14.2 Å². The fourth-order valence-corrected chi connectivity index (χ4v) is 9.65. The van der Waals surface area contributed by atoms with E-state index in [9.17, 15) is 38.4 Å². The lowest BCUT2D eigenvalue weighted by atomic mass is 9.79. The Hall–Kier alpha value is -2.35. The number of esters is 1. The molecule has 1 aromatic carbocycles. The molecule has 0 amide bonds. The molecule has 2 saturated heterocycles. The SMILES string of the molecule is CC[C@H]1OC(=O)[C@H](C)C[C@H](C)[C@@H](O[C@H]2C[C@@H](N(C)CCc3cn(C(CO)Cc4ccc(SC(F)(F)F)cc4)nn3)C[C@@H](C)O2)[C@](C)(O)C[C@@H](C)CN(C)[C@H](C)[C@@H](O)[C@]1(C)O. The monoisotopic (exact) mass is 873 g/mol. The van der Waals surface area contributed by atoms with Crippen molar-refractivity contribution < 1.29 is 52.6 Å². The number of aromatic nitrogens is 3. The molecule has 13 atom stereocenters. The number of benzene rings is 1. The summed E-state index contributed by atoms with van der Waals surface area (Å²) in [4.78, 5) is 17.8. The van der Waals surface area contributed by atoms with Crippen LogP contribution in [0.2, 0.25) is 0 Å². The normalized spacial score (nSPS) is 35.1. The van der Waals surface area contributed by atoms with E-state index in [1.54, 1.807) is 36.9 Å². The van der Waals surface area contributed by atoms with Crippen molar-refractivity contribution >= 4 is 17.7 Å². The van der Waals surface area contributed by atoms with Gasteiger partial charge in [0.15, 0.2) is 6.29 Å². The molecule has 13 nitrogen and oxygen atoms in total. The smallest absolute Gasteiger partial charge is 0.446 e. The first kappa shape index (κ1) is 50.3. The van der Waals surface area contributed by atoms with Gasteiger partial charge in [0.05, 0.1) is 42.1 Å². The molecule has 2 aliphatic heterocycles. The molecule has 4 N–H and O–H groups in total. The van der Waals surface area contributed by atoms with Crippen molar-refractivity contribution in [3.63, 3.8) is 0 Å². The quantitative estimate of drug-likeness (QED) is 0.154. The second-order valence-electron chi connectivity index (χ2n) is 18.2. The summed E-state index contributed by atoms with van der Waals surface area (Å²) in [7, 11) is 3.91. The maximum absolute atomic E-state index is 13.5. The topological polar surface area (TPSA) is 163 Å². The second kappa shape index (κ2) is 21.3. The summed E-state index contributed by atoms with van der Waals surface area (Å²) in [5.41, 5.74) is -5.87. The summed E-state index contributed by atoms with van der Waals surface area (Å²) in [5.74, 6) is -1.40. The van der Waals surface area contributed by atoms with Gasteiger partial charge < -0.3 is 44.4 Å². The first-order valence-corrected chi connectivity index (χ1v) is 22.2. The molecule has 0 spiro atoms. The van der Waals surface area contributed by atoms with Crippen molar-refractivity contribution in [1.82, 2.24) is 24.8 Å². The van der Waals surface area contributed by atoms with Gasteiger partial charge in [0.1, 0.15) is 17.8 Å². The Bertz CT molecular complexity index is 1630. The van der Waals surface area contributed by atoms with Gasteiger partial charge in [-0.05, 0) is 115 Å². The third kappa shape index (κ3) is 13.8. The number of hydrogen-bond donors (Lipinski definition) is 4. The molecule has 0 bridgehead atoms. The summed E-state index contributed by atoms with van der Waals surface area (Å²) in [6.07, 6.45) is 1.48. The molecule has 60 heavy (non-hydrogen) atoms. The summed E-state index contributed by atoms with van der Waals surface area (Å²) >= 11 is -0.166. The minimum Gasteiger partial charge on any atom is -0.459 e. The van der Waals surface area contributed by atoms with Gasteiger partial charge in [-0.3, -0.25) is 4.79 Å². The Balaban J connectivity index is 1.43. The summed E-state index contributed by atoms with van der Waals surface area (Å²) in [5, 5.41) is 53.8. The van der Waals surface area contributed by atoms with E-state index < -0.39 is 65.3 Å². The highest BCUT2D eigenvalue weighted by Gasteiger charge is 2.47. The Morgan fingerprint density at radius 2 is 1.75 bits per heavy atom. The summed E-state index contributed by atoms with van der Waals surface area (Å²) in [6.45, 7) is 15.7. The van der Waals surface area contributed by atoms with Crippen LogP contribution in [0.25, 0.3) is 0 Å². The van der Waals surface area contributed by atoms with Crippen LogP contribution in [0.4, 0.5) is 13.2 Å². The Labute approximate surface area is 358 Å². The number of hydrogen-bond acceptors (Lipinski definition) is 13. The molecular weight excluding hydrogens is 804 g/mol. The molecule has 342 valence electrons. The van der Waals surface area contributed by atoms with Crippen molar-refractivity contribution in [2.75, 3.05) is 33.8 Å². The molecule has 2 aromatic rings. The van der Waals surface area contributed by atoms with E-state index in [-0.39, 0.29) is 47.2 Å². The lowest BCUT2D eigenvalue weighted by Crippen LogP contribution is -2.59. The Morgan fingerprint density at radius 1 is 1.08 bits per heavy atom. The zero-order valence-electron chi connectivity index (χ0n) is 37.0. The molecule has 4 rings (SSSR count). The first-order valence-electron chi connectivity index (χ1n) is 21.3. The number of likely N-dealkylation sites (N-methyl/N-ethyl adjacent to an activating group) is 2. The third-order valence-electron chi connectivity index (χ3n) is 12.5. The number of nitrogens with zero attached hydrogens (tertiary/aromatic N) is 5. The highest BCUT2D eigenvalue weighted by atomic mass is 32.2. The number of rotatable bonds is 12. The van der Waals surface area contributed by atoms with Crippen molar-refractivity contribution in [2.24, 2.45) is 17.8 Å². The Kier molecular flexibility index (Phi) is 17.9. The largest absolute Gasteiger partial charge is 0.459 e. The number of halogens is 3. The maximum atomic E-state index is 13.5. The van der Waals surface area contributed by atoms with Crippen molar-refractivity contribution in [1.29, 1.82) is 0 Å². The van der Waals surface area contributed by atoms with Gasteiger partial charge >= 0.3 is 11.5 Å². The zero-order chi connectivity index (χ0) is 44.7. The Morgan fingerprint density at radius 3 is 2.37 bits per heavy atom. The lowest BCUT2D eigenvalue weighted by Gasteiger charge is -2.44. The number of aliphatic hydroxyl groups excluding tert-OH is 2. The second-order valence-corrected chi connectivity index (χ2v) is 19.3. The molecule has 17 heteroatoms. The molecule has 0 aliphatic carbocycles. The molecule has 3 heterocycles. The molecular formula is C43H70F3N5O8S. The lowest BCUT2D eigenvalue weighted by molar-refractivity contribution is -0.262. The van der Waals surface area contributed by atoms with Gasteiger partial charge in [0, 0.05) is 49.1 Å². The summed E-state index contributed by atoms with van der Waals surface area (Å²) in [6, 6.07) is 5.26. The predicted molar refractivity (Wildman–Crippen MR) is 223 cm³/mol. The van der Waals surface area contributed by atoms with E-state index >= 15 is 0 Å². The molecule has 1 unspecified atom stereocenters. The average Bonchev–Trinajstić information content (AvgIpc) is 3.64. The van der Waals surface area contributed by atoms with Crippen LogP contribution >= 0.6 is 11.8 Å². The van der Waals surface area contributed by atoms with E-state index in [1.165, 1.54) is 19.1 Å². The number of alkyl halides is 3. The van der Waals surface area contributed by atoms with Gasteiger partial charge in [-0.25, -0.2) is 4.68 Å². The van der Waals surface area contributed by atoms with Crippen LogP contribution < -0.4 is 0 Å². The van der Waals surface area contributed by atoms with Gasteiger partial charge in [-0.2, -0.15) is 13.2 Å². The number of aliphatic hydroxyl groups is 4. The van der Waals surface area contributed by atoms with Gasteiger partial charge in [0.2, 0.25) is 0 Å². The van der Waals surface area contributed by atoms with Gasteiger partial charge in [-0.15, -0.1) is 5.10 Å². The fraction of sp³-hybridized carbons (Fsp3) is 0.791. The maximum Gasteiger partial charge on any atom is 0.446 e. The van der Waals surface area contributed by atoms with Crippen LogP contribution in [-0.4, -0.2) is 144 Å². The number of ether oxygens (including phenoxy) is 3. The van der Waals surface area contributed by atoms with Crippen LogP contribution in [-0.2, 0) is 31.8 Å². The fourth-order valence-electron chi connectivity index (χ4n) is 9.11. The minimum absolute atomic E-state index is 0.0293. The van der Waals surface area contributed by atoms with E-state index in [2.05, 4.69) is 15.2 Å². The van der Waals surface area contributed by atoms with Crippen LogP contribution in [0.3, 0.4) is 0 Å². The average molecular weight is 874 g/mol. The highest BCUT2D eigenvalue weighted by molar-refractivity contribution is 8.00. The minimum atomic E-state index is -4.36. The van der Waals surface area contributed by atoms with Crippen LogP contribution in [0.5, 0.6) is 0 Å². The van der Waals surface area contributed by atoms with Crippen molar-refractivity contribution in [2.45, 2.75) is 171 Å². The molecule has 0 radical (unpaired) electrons. The van der Waals surface area contributed by atoms with Crippen LogP contribution in [0.15, 0.2) is 35.4 Å². The predicted octanol–water partition coefficient (Wildman–Crippen LogP) is 5.63. The number of cyclic esters (lactones) is 1. The molecule has 2 fully saturated rings. The van der Waals surface area contributed by atoms with Crippen LogP contribution in [0.1, 0.15) is 105 Å².